The second kappa shape index (κ2) is 4.93. The van der Waals surface area contributed by atoms with Crippen LogP contribution >= 0.6 is 0 Å². The number of furan rings is 1. The van der Waals surface area contributed by atoms with Crippen LogP contribution in [0.1, 0.15) is 29.0 Å². The predicted octanol–water partition coefficient (Wildman–Crippen LogP) is 4.16. The van der Waals surface area contributed by atoms with E-state index in [9.17, 15) is 23.1 Å². The standard InChI is InChI=1S/C15H13F3O4/c1-7-13(14(19)20)11-6-9(2-3-12(11)21-7)22-10-4-8(5-10)15(16,17)18/h2-3,6,8,10H,4-5H2,1H3,(H,19,20). The van der Waals surface area contributed by atoms with Crippen molar-refractivity contribution in [3.8, 4) is 5.75 Å². The number of carbonyl (C=O) groups is 1. The minimum absolute atomic E-state index is 0.0437. The summed E-state index contributed by atoms with van der Waals surface area (Å²) in [7, 11) is 0. The fraction of sp³-hybridized carbons (Fsp3) is 0.400. The molecule has 2 aromatic rings. The number of hydrogen-bond acceptors (Lipinski definition) is 3. The maximum Gasteiger partial charge on any atom is 0.392 e. The lowest BCUT2D eigenvalue weighted by Crippen LogP contribution is -2.41. The number of alkyl halides is 3. The molecule has 1 aromatic heterocycles. The zero-order valence-electron chi connectivity index (χ0n) is 11.6. The maximum absolute atomic E-state index is 12.4. The van der Waals surface area contributed by atoms with Crippen molar-refractivity contribution < 1.29 is 32.2 Å². The molecule has 1 saturated carbocycles. The summed E-state index contributed by atoms with van der Waals surface area (Å²) in [5, 5.41) is 9.56. The molecule has 1 aromatic carbocycles. The molecule has 7 heteroatoms. The van der Waals surface area contributed by atoms with E-state index in [2.05, 4.69) is 0 Å². The Bertz CT molecular complexity index is 726. The molecule has 4 nitrogen and oxygen atoms in total. The Morgan fingerprint density at radius 3 is 2.64 bits per heavy atom. The first kappa shape index (κ1) is 14.7. The first-order valence-electron chi connectivity index (χ1n) is 6.75. The van der Waals surface area contributed by atoms with Crippen LogP contribution in [0, 0.1) is 12.8 Å². The molecular formula is C15H13F3O4. The molecule has 3 rings (SSSR count). The van der Waals surface area contributed by atoms with Gasteiger partial charge in [-0.05, 0) is 38.0 Å². The number of carboxylic acids is 1. The maximum atomic E-state index is 12.4. The lowest BCUT2D eigenvalue weighted by Gasteiger charge is -2.36. The van der Waals surface area contributed by atoms with Crippen molar-refractivity contribution in [1.82, 2.24) is 0 Å². The summed E-state index contributed by atoms with van der Waals surface area (Å²) in [6, 6.07) is 4.62. The fourth-order valence-electron chi connectivity index (χ4n) is 2.66. The third kappa shape index (κ3) is 2.51. The van der Waals surface area contributed by atoms with Crippen molar-refractivity contribution in [2.24, 2.45) is 5.92 Å². The molecule has 22 heavy (non-hydrogen) atoms. The van der Waals surface area contributed by atoms with Gasteiger partial charge in [0.1, 0.15) is 22.7 Å². The highest BCUT2D eigenvalue weighted by Crippen LogP contribution is 2.43. The lowest BCUT2D eigenvalue weighted by atomic mass is 9.82. The van der Waals surface area contributed by atoms with Crippen molar-refractivity contribution in [3.05, 3.63) is 29.5 Å². The molecule has 1 N–H and O–H groups in total. The fourth-order valence-corrected chi connectivity index (χ4v) is 2.66. The van der Waals surface area contributed by atoms with Gasteiger partial charge in [0.2, 0.25) is 0 Å². The van der Waals surface area contributed by atoms with Gasteiger partial charge in [-0.2, -0.15) is 13.2 Å². The molecule has 0 radical (unpaired) electrons. The molecule has 1 aliphatic rings. The smallest absolute Gasteiger partial charge is 0.392 e. The monoisotopic (exact) mass is 314 g/mol. The van der Waals surface area contributed by atoms with Crippen molar-refractivity contribution in [3.63, 3.8) is 0 Å². The molecule has 0 amide bonds. The molecule has 1 heterocycles. The van der Waals surface area contributed by atoms with Gasteiger partial charge in [-0.3, -0.25) is 0 Å². The van der Waals surface area contributed by atoms with Gasteiger partial charge < -0.3 is 14.3 Å². The normalized spacial score (nSPS) is 21.6. The van der Waals surface area contributed by atoms with E-state index in [0.29, 0.717) is 16.7 Å². The summed E-state index contributed by atoms with van der Waals surface area (Å²) in [5.74, 6) is -1.80. The SMILES string of the molecule is Cc1oc2ccc(OC3CC(C(F)(F)F)C3)cc2c1C(=O)O. The molecule has 0 atom stereocenters. The van der Waals surface area contributed by atoms with E-state index >= 15 is 0 Å². The lowest BCUT2D eigenvalue weighted by molar-refractivity contribution is -0.210. The summed E-state index contributed by atoms with van der Waals surface area (Å²) in [4.78, 5) is 11.2. The summed E-state index contributed by atoms with van der Waals surface area (Å²) >= 11 is 0. The summed E-state index contributed by atoms with van der Waals surface area (Å²) in [5.41, 5.74) is 0.450. The van der Waals surface area contributed by atoms with E-state index in [-0.39, 0.29) is 24.2 Å². The Hall–Kier alpha value is -2.18. The van der Waals surface area contributed by atoms with Gasteiger partial charge in [0.25, 0.3) is 0 Å². The number of halogens is 3. The van der Waals surface area contributed by atoms with Crippen LogP contribution in [-0.4, -0.2) is 23.4 Å². The predicted molar refractivity (Wildman–Crippen MR) is 71.1 cm³/mol. The molecule has 0 bridgehead atoms. The Morgan fingerprint density at radius 2 is 2.05 bits per heavy atom. The van der Waals surface area contributed by atoms with E-state index in [4.69, 9.17) is 9.15 Å². The topological polar surface area (TPSA) is 59.7 Å². The van der Waals surface area contributed by atoms with Crippen molar-refractivity contribution in [2.45, 2.75) is 32.0 Å². The van der Waals surface area contributed by atoms with Crippen molar-refractivity contribution in [2.75, 3.05) is 0 Å². The molecule has 0 spiro atoms. The van der Waals surface area contributed by atoms with Gasteiger partial charge >= 0.3 is 12.1 Å². The number of rotatable bonds is 3. The van der Waals surface area contributed by atoms with Gasteiger partial charge in [0, 0.05) is 5.39 Å². The highest BCUT2D eigenvalue weighted by atomic mass is 19.4. The highest BCUT2D eigenvalue weighted by molar-refractivity contribution is 6.03. The molecular weight excluding hydrogens is 301 g/mol. The number of ether oxygens (including phenoxy) is 1. The number of carboxylic acid groups (broad SMARTS) is 1. The van der Waals surface area contributed by atoms with Crippen LogP contribution < -0.4 is 4.74 Å². The Morgan fingerprint density at radius 1 is 1.36 bits per heavy atom. The van der Waals surface area contributed by atoms with Crippen LogP contribution in [0.15, 0.2) is 22.6 Å². The van der Waals surface area contributed by atoms with E-state index in [0.717, 1.165) is 0 Å². The second-order valence-electron chi connectivity index (χ2n) is 5.45. The summed E-state index contributed by atoms with van der Waals surface area (Å²) in [6.07, 6.45) is -4.82. The first-order chi connectivity index (χ1) is 10.3. The Kier molecular flexibility index (Phi) is 3.30. The van der Waals surface area contributed by atoms with Gasteiger partial charge in [-0.25, -0.2) is 4.79 Å². The van der Waals surface area contributed by atoms with Crippen LogP contribution in [0.5, 0.6) is 5.75 Å². The largest absolute Gasteiger partial charge is 0.490 e. The summed E-state index contributed by atoms with van der Waals surface area (Å²) in [6.45, 7) is 1.55. The van der Waals surface area contributed by atoms with Crippen LogP contribution in [0.25, 0.3) is 11.0 Å². The third-order valence-electron chi connectivity index (χ3n) is 3.91. The van der Waals surface area contributed by atoms with E-state index < -0.39 is 24.2 Å². The van der Waals surface area contributed by atoms with Gasteiger partial charge in [-0.15, -0.1) is 0 Å². The molecule has 1 aliphatic carbocycles. The number of aryl methyl sites for hydroxylation is 1. The second-order valence-corrected chi connectivity index (χ2v) is 5.45. The van der Waals surface area contributed by atoms with Crippen LogP contribution in [-0.2, 0) is 0 Å². The van der Waals surface area contributed by atoms with E-state index in [1.807, 2.05) is 0 Å². The first-order valence-corrected chi connectivity index (χ1v) is 6.75. The van der Waals surface area contributed by atoms with Crippen LogP contribution in [0.4, 0.5) is 13.2 Å². The van der Waals surface area contributed by atoms with Crippen LogP contribution in [0.2, 0.25) is 0 Å². The molecule has 0 aliphatic heterocycles. The average molecular weight is 314 g/mol. The quantitative estimate of drug-likeness (QED) is 0.924. The highest BCUT2D eigenvalue weighted by Gasteiger charge is 2.48. The molecule has 1 fully saturated rings. The molecule has 118 valence electrons. The number of fused-ring (bicyclic) bond motifs is 1. The molecule has 0 unspecified atom stereocenters. The Labute approximate surface area is 123 Å². The Balaban J connectivity index is 1.79. The van der Waals surface area contributed by atoms with Crippen LogP contribution in [0.3, 0.4) is 0 Å². The van der Waals surface area contributed by atoms with Gasteiger partial charge in [0.15, 0.2) is 0 Å². The number of aromatic carboxylic acids is 1. The van der Waals surface area contributed by atoms with Crippen molar-refractivity contribution >= 4 is 16.9 Å². The van der Waals surface area contributed by atoms with E-state index in [1.54, 1.807) is 19.1 Å². The zero-order chi connectivity index (χ0) is 16.1. The minimum atomic E-state index is -4.18. The van der Waals surface area contributed by atoms with E-state index in [1.165, 1.54) is 6.07 Å². The zero-order valence-corrected chi connectivity index (χ0v) is 11.6. The average Bonchev–Trinajstić information content (AvgIpc) is 2.66. The summed E-state index contributed by atoms with van der Waals surface area (Å²) < 4.78 is 48.1. The molecule has 0 saturated heterocycles. The van der Waals surface area contributed by atoms with Gasteiger partial charge in [-0.1, -0.05) is 0 Å². The number of hydrogen-bond donors (Lipinski definition) is 1. The van der Waals surface area contributed by atoms with Gasteiger partial charge in [0.05, 0.1) is 12.0 Å². The minimum Gasteiger partial charge on any atom is -0.490 e. The number of benzene rings is 1. The van der Waals surface area contributed by atoms with Crippen molar-refractivity contribution in [1.29, 1.82) is 0 Å². The third-order valence-corrected chi connectivity index (χ3v) is 3.91.